The zero-order chi connectivity index (χ0) is 20.9. The molecule has 0 spiro atoms. The van der Waals surface area contributed by atoms with Gasteiger partial charge >= 0.3 is 0 Å². The molecule has 158 valence electrons. The van der Waals surface area contributed by atoms with Crippen LogP contribution in [0.3, 0.4) is 0 Å². The highest BCUT2D eigenvalue weighted by Gasteiger charge is 2.50. The lowest BCUT2D eigenvalue weighted by Gasteiger charge is -2.43. The molecule has 2 aromatic rings. The molecule has 1 saturated carbocycles. The number of hydrogen-bond donors (Lipinski definition) is 1. The van der Waals surface area contributed by atoms with Crippen molar-refractivity contribution in [2.24, 2.45) is 17.8 Å². The van der Waals surface area contributed by atoms with Crippen molar-refractivity contribution in [2.75, 3.05) is 13.2 Å². The summed E-state index contributed by atoms with van der Waals surface area (Å²) in [6.07, 6.45) is 4.76. The molecule has 3 rings (SSSR count). The van der Waals surface area contributed by atoms with Gasteiger partial charge in [-0.1, -0.05) is 94.8 Å². The maximum Gasteiger partial charge on any atom is 0.261 e. The van der Waals surface area contributed by atoms with Crippen LogP contribution in [0.1, 0.15) is 53.4 Å². The van der Waals surface area contributed by atoms with Crippen LogP contribution in [0.4, 0.5) is 0 Å². The normalized spacial score (nSPS) is 21.3. The van der Waals surface area contributed by atoms with E-state index in [0.717, 1.165) is 13.0 Å². The molecule has 1 N–H and O–H groups in total. The van der Waals surface area contributed by atoms with Crippen molar-refractivity contribution in [3.63, 3.8) is 0 Å². The molecule has 2 unspecified atom stereocenters. The van der Waals surface area contributed by atoms with E-state index in [0.29, 0.717) is 24.4 Å². The summed E-state index contributed by atoms with van der Waals surface area (Å²) in [5, 5.41) is 12.4. The van der Waals surface area contributed by atoms with E-state index in [1.807, 2.05) is 0 Å². The van der Waals surface area contributed by atoms with Gasteiger partial charge in [-0.05, 0) is 52.4 Å². The zero-order valence-corrected chi connectivity index (χ0v) is 19.6. The third-order valence-corrected chi connectivity index (χ3v) is 12.0. The first-order valence-electron chi connectivity index (χ1n) is 11.3. The molecule has 0 aliphatic heterocycles. The van der Waals surface area contributed by atoms with Crippen LogP contribution in [0.2, 0.25) is 5.04 Å². The summed E-state index contributed by atoms with van der Waals surface area (Å²) in [4.78, 5) is 0. The van der Waals surface area contributed by atoms with Crippen molar-refractivity contribution >= 4 is 18.7 Å². The largest absolute Gasteiger partial charge is 0.407 e. The fourth-order valence-corrected chi connectivity index (χ4v) is 9.99. The molecule has 3 atom stereocenters. The highest BCUT2D eigenvalue weighted by Crippen LogP contribution is 2.39. The third kappa shape index (κ3) is 4.68. The Morgan fingerprint density at radius 2 is 1.52 bits per heavy atom. The Morgan fingerprint density at radius 3 is 2.00 bits per heavy atom. The molecule has 0 amide bonds. The van der Waals surface area contributed by atoms with E-state index in [-0.39, 0.29) is 5.04 Å². The minimum absolute atomic E-state index is 0.0277. The monoisotopic (exact) mass is 410 g/mol. The van der Waals surface area contributed by atoms with Gasteiger partial charge in [0.15, 0.2) is 0 Å². The van der Waals surface area contributed by atoms with Crippen LogP contribution in [0.25, 0.3) is 0 Å². The van der Waals surface area contributed by atoms with E-state index in [9.17, 15) is 5.11 Å². The van der Waals surface area contributed by atoms with Gasteiger partial charge in [0.2, 0.25) is 0 Å². The summed E-state index contributed by atoms with van der Waals surface area (Å²) in [6.45, 7) is 10.5. The second-order valence-corrected chi connectivity index (χ2v) is 14.1. The van der Waals surface area contributed by atoms with Crippen molar-refractivity contribution in [3.05, 3.63) is 60.7 Å². The molecular weight excluding hydrogens is 372 g/mol. The first kappa shape index (κ1) is 22.3. The minimum atomic E-state index is -2.43. The van der Waals surface area contributed by atoms with Crippen molar-refractivity contribution in [2.45, 2.75) is 58.4 Å². The fraction of sp³-hybridized carbons (Fsp3) is 0.538. The molecule has 0 radical (unpaired) electrons. The van der Waals surface area contributed by atoms with E-state index in [1.54, 1.807) is 0 Å². The highest BCUT2D eigenvalue weighted by molar-refractivity contribution is 6.99. The summed E-state index contributed by atoms with van der Waals surface area (Å²) >= 11 is 0. The topological polar surface area (TPSA) is 29.5 Å². The lowest BCUT2D eigenvalue weighted by Crippen LogP contribution is -2.66. The van der Waals surface area contributed by atoms with Gasteiger partial charge in [0.05, 0.1) is 0 Å². The predicted octanol–water partition coefficient (Wildman–Crippen LogP) is 5.00. The lowest BCUT2D eigenvalue weighted by atomic mass is 9.84. The van der Waals surface area contributed by atoms with E-state index in [4.69, 9.17) is 4.43 Å². The number of benzene rings is 2. The molecule has 1 aliphatic rings. The average Bonchev–Trinajstić information content (AvgIpc) is 3.20. The van der Waals surface area contributed by atoms with E-state index >= 15 is 0 Å². The van der Waals surface area contributed by atoms with Gasteiger partial charge in [0.25, 0.3) is 8.32 Å². The van der Waals surface area contributed by atoms with Gasteiger partial charge in [-0.3, -0.25) is 0 Å². The van der Waals surface area contributed by atoms with Gasteiger partial charge < -0.3 is 9.53 Å². The van der Waals surface area contributed by atoms with Crippen LogP contribution in [0.15, 0.2) is 60.7 Å². The van der Waals surface area contributed by atoms with Gasteiger partial charge in [-0.2, -0.15) is 0 Å². The standard InChI is InChI=1S/C26H38O2Si/c1-21(25-17-11-12-22(25)20-27)18-19-28-29(26(2,3)4,23-13-7-5-8-14-23)24-15-9-6-10-16-24/h5-10,13-16,21-22,25,27H,11-12,17-20H2,1-4H3/t21-,22?,25?/m0/s1. The fourth-order valence-electron chi connectivity index (χ4n) is 5.41. The summed E-state index contributed by atoms with van der Waals surface area (Å²) in [5.41, 5.74) is 0. The summed E-state index contributed by atoms with van der Waals surface area (Å²) in [7, 11) is -2.43. The molecule has 1 aliphatic carbocycles. The summed E-state index contributed by atoms with van der Waals surface area (Å²) < 4.78 is 7.04. The molecule has 29 heavy (non-hydrogen) atoms. The molecule has 0 saturated heterocycles. The lowest BCUT2D eigenvalue weighted by molar-refractivity contribution is 0.148. The van der Waals surface area contributed by atoms with Gasteiger partial charge in [0.1, 0.15) is 0 Å². The molecule has 0 aromatic heterocycles. The number of aliphatic hydroxyl groups excluding tert-OH is 1. The van der Waals surface area contributed by atoms with Gasteiger partial charge in [0, 0.05) is 13.2 Å². The molecule has 3 heteroatoms. The van der Waals surface area contributed by atoms with Crippen molar-refractivity contribution in [1.82, 2.24) is 0 Å². The quantitative estimate of drug-likeness (QED) is 0.621. The Balaban J connectivity index is 1.86. The van der Waals surface area contributed by atoms with Crippen molar-refractivity contribution in [1.29, 1.82) is 0 Å². The van der Waals surface area contributed by atoms with E-state index in [1.165, 1.54) is 29.6 Å². The molecular formula is C26H38O2Si. The zero-order valence-electron chi connectivity index (χ0n) is 18.6. The minimum Gasteiger partial charge on any atom is -0.407 e. The number of rotatable bonds is 8. The van der Waals surface area contributed by atoms with Gasteiger partial charge in [-0.15, -0.1) is 0 Å². The van der Waals surface area contributed by atoms with Crippen molar-refractivity contribution in [3.8, 4) is 0 Å². The number of hydrogen-bond acceptors (Lipinski definition) is 2. The highest BCUT2D eigenvalue weighted by atomic mass is 28.4. The van der Waals surface area contributed by atoms with E-state index in [2.05, 4.69) is 88.4 Å². The van der Waals surface area contributed by atoms with Crippen molar-refractivity contribution < 1.29 is 9.53 Å². The van der Waals surface area contributed by atoms with Crippen LogP contribution < -0.4 is 10.4 Å². The molecule has 0 heterocycles. The smallest absolute Gasteiger partial charge is 0.261 e. The van der Waals surface area contributed by atoms with E-state index < -0.39 is 8.32 Å². The first-order chi connectivity index (χ1) is 13.9. The Morgan fingerprint density at radius 1 is 0.966 bits per heavy atom. The van der Waals surface area contributed by atoms with Crippen LogP contribution in [0.5, 0.6) is 0 Å². The predicted molar refractivity (Wildman–Crippen MR) is 125 cm³/mol. The molecule has 2 nitrogen and oxygen atoms in total. The SMILES string of the molecule is C[C@@H](CCO[Si](c1ccccc1)(c1ccccc1)C(C)(C)C)C1CCCC1CO. The summed E-state index contributed by atoms with van der Waals surface area (Å²) in [6, 6.07) is 21.8. The number of aliphatic hydroxyl groups is 1. The second kappa shape index (κ2) is 9.59. The molecule has 1 fully saturated rings. The first-order valence-corrected chi connectivity index (χ1v) is 13.2. The Hall–Kier alpha value is -1.42. The summed E-state index contributed by atoms with van der Waals surface area (Å²) in [5.74, 6) is 1.72. The molecule has 2 aromatic carbocycles. The van der Waals surface area contributed by atoms with Crippen LogP contribution in [0, 0.1) is 17.8 Å². The third-order valence-electron chi connectivity index (χ3n) is 6.99. The maximum atomic E-state index is 9.72. The average molecular weight is 411 g/mol. The van der Waals surface area contributed by atoms with Crippen LogP contribution >= 0.6 is 0 Å². The van der Waals surface area contributed by atoms with Gasteiger partial charge in [-0.25, -0.2) is 0 Å². The molecule has 0 bridgehead atoms. The van der Waals surface area contributed by atoms with Crippen LogP contribution in [-0.4, -0.2) is 26.6 Å². The Kier molecular flexibility index (Phi) is 7.36. The Bertz CT molecular complexity index is 699. The van der Waals surface area contributed by atoms with Crippen LogP contribution in [-0.2, 0) is 4.43 Å². The second-order valence-electron chi connectivity index (χ2n) is 9.82. The maximum absolute atomic E-state index is 9.72. The Labute approximate surface area is 178 Å².